The fourth-order valence-electron chi connectivity index (χ4n) is 3.30. The lowest BCUT2D eigenvalue weighted by atomic mass is 10.0. The zero-order chi connectivity index (χ0) is 25.1. The van der Waals surface area contributed by atoms with Gasteiger partial charge in [0.15, 0.2) is 5.82 Å². The summed E-state index contributed by atoms with van der Waals surface area (Å²) in [6, 6.07) is 12.3. The molecule has 4 rings (SSSR count). The lowest BCUT2D eigenvalue weighted by Crippen LogP contribution is -2.32. The van der Waals surface area contributed by atoms with E-state index in [4.69, 9.17) is 27.9 Å². The van der Waals surface area contributed by atoms with Crippen molar-refractivity contribution in [1.82, 2.24) is 9.97 Å². The van der Waals surface area contributed by atoms with E-state index in [1.165, 1.54) is 24.4 Å². The number of carboxylic acids is 2. The van der Waals surface area contributed by atoms with Gasteiger partial charge in [-0.2, -0.15) is 0 Å². The Morgan fingerprint density at radius 1 is 1.03 bits per heavy atom. The van der Waals surface area contributed by atoms with Crippen LogP contribution in [0.25, 0.3) is 10.9 Å². The van der Waals surface area contributed by atoms with Gasteiger partial charge in [0, 0.05) is 23.0 Å². The number of hydrogen-bond acceptors (Lipinski definition) is 6. The Bertz CT molecular complexity index is 1430. The molecule has 0 saturated carbocycles. The van der Waals surface area contributed by atoms with Gasteiger partial charge in [0.2, 0.25) is 0 Å². The van der Waals surface area contributed by atoms with Crippen LogP contribution in [0.1, 0.15) is 15.9 Å². The van der Waals surface area contributed by atoms with Crippen LogP contribution < -0.4 is 10.1 Å². The third-order valence-electron chi connectivity index (χ3n) is 4.97. The molecule has 0 radical (unpaired) electrons. The molecular formula is C24H16Cl2FN3O5. The Morgan fingerprint density at radius 3 is 2.43 bits per heavy atom. The molecule has 0 spiro atoms. The number of nitrogens with one attached hydrogen (secondary N) is 1. The minimum Gasteiger partial charge on any atom is -0.480 e. The molecule has 4 aromatic rings. The van der Waals surface area contributed by atoms with Gasteiger partial charge in [-0.05, 0) is 48.0 Å². The van der Waals surface area contributed by atoms with E-state index in [0.717, 1.165) is 6.07 Å². The molecule has 1 atom stereocenters. The first-order chi connectivity index (χ1) is 16.7. The molecule has 178 valence electrons. The summed E-state index contributed by atoms with van der Waals surface area (Å²) in [7, 11) is 0. The molecule has 2 aromatic carbocycles. The molecule has 2 heterocycles. The Balaban J connectivity index is 1.54. The second kappa shape index (κ2) is 10.1. The molecule has 0 aliphatic rings. The quantitative estimate of drug-likeness (QED) is 0.274. The van der Waals surface area contributed by atoms with Crippen molar-refractivity contribution < 1.29 is 28.9 Å². The largest absolute Gasteiger partial charge is 0.480 e. The number of hydrogen-bond donors (Lipinski definition) is 3. The van der Waals surface area contributed by atoms with Gasteiger partial charge in [-0.15, -0.1) is 0 Å². The van der Waals surface area contributed by atoms with Crippen LogP contribution in [0.2, 0.25) is 10.0 Å². The van der Waals surface area contributed by atoms with Gasteiger partial charge in [0.25, 0.3) is 5.88 Å². The molecular weight excluding hydrogens is 500 g/mol. The van der Waals surface area contributed by atoms with Crippen molar-refractivity contribution in [2.45, 2.75) is 12.5 Å². The molecule has 0 aliphatic carbocycles. The number of aromatic nitrogens is 2. The summed E-state index contributed by atoms with van der Waals surface area (Å²) in [6.07, 6.45) is 1.25. The normalized spacial score (nSPS) is 11.7. The van der Waals surface area contributed by atoms with Crippen LogP contribution >= 0.6 is 23.2 Å². The first kappa shape index (κ1) is 24.2. The Labute approximate surface area is 207 Å². The van der Waals surface area contributed by atoms with E-state index in [9.17, 15) is 24.2 Å². The Morgan fingerprint density at radius 2 is 1.77 bits per heavy atom. The monoisotopic (exact) mass is 515 g/mol. The molecule has 0 aliphatic heterocycles. The lowest BCUT2D eigenvalue weighted by molar-refractivity contribution is -0.137. The Kier molecular flexibility index (Phi) is 6.99. The lowest BCUT2D eigenvalue weighted by Gasteiger charge is -2.17. The predicted octanol–water partition coefficient (Wildman–Crippen LogP) is 5.67. The molecule has 0 unspecified atom stereocenters. The van der Waals surface area contributed by atoms with Gasteiger partial charge in [-0.1, -0.05) is 35.3 Å². The van der Waals surface area contributed by atoms with Gasteiger partial charge in [0.05, 0.1) is 10.5 Å². The molecule has 0 amide bonds. The number of rotatable bonds is 8. The van der Waals surface area contributed by atoms with E-state index in [1.807, 2.05) is 0 Å². The minimum absolute atomic E-state index is 0.00254. The van der Waals surface area contributed by atoms with Crippen molar-refractivity contribution in [3.63, 3.8) is 0 Å². The first-order valence-corrected chi connectivity index (χ1v) is 10.9. The van der Waals surface area contributed by atoms with Gasteiger partial charge < -0.3 is 20.3 Å². The van der Waals surface area contributed by atoms with Crippen molar-refractivity contribution in [2.24, 2.45) is 0 Å². The van der Waals surface area contributed by atoms with Crippen LogP contribution in [-0.2, 0) is 11.2 Å². The van der Waals surface area contributed by atoms with Gasteiger partial charge in [-0.3, -0.25) is 0 Å². The van der Waals surface area contributed by atoms with Crippen LogP contribution in [0.3, 0.4) is 0 Å². The first-order valence-electron chi connectivity index (χ1n) is 10.1. The van der Waals surface area contributed by atoms with Crippen LogP contribution in [0.15, 0.2) is 60.8 Å². The molecule has 0 fully saturated rings. The molecule has 35 heavy (non-hydrogen) atoms. The molecule has 0 saturated heterocycles. The number of ether oxygens (including phenoxy) is 1. The summed E-state index contributed by atoms with van der Waals surface area (Å²) in [5.41, 5.74) is 0.870. The minimum atomic E-state index is -1.27. The topological polar surface area (TPSA) is 122 Å². The standard InChI is InChI=1S/C24H16Cl2FN3O5/c25-14-3-6-19-13(8-14)9-17(23(31)32)21(29-19)30-20(24(33)34)7-12-1-4-16(5-2-12)35-22-18(27)10-15(26)11-28-22/h1-6,8-11,20H,7H2,(H,29,30)(H,31,32)(H,33,34)/t20-/m0/s1. The van der Waals surface area contributed by atoms with E-state index in [0.29, 0.717) is 21.5 Å². The van der Waals surface area contributed by atoms with Crippen molar-refractivity contribution in [3.8, 4) is 11.6 Å². The summed E-state index contributed by atoms with van der Waals surface area (Å²) in [5, 5.41) is 23.1. The number of aromatic carboxylic acids is 1. The highest BCUT2D eigenvalue weighted by Crippen LogP contribution is 2.26. The van der Waals surface area contributed by atoms with Crippen LogP contribution in [0.4, 0.5) is 10.2 Å². The van der Waals surface area contributed by atoms with Gasteiger partial charge >= 0.3 is 11.9 Å². The molecule has 8 nitrogen and oxygen atoms in total. The third kappa shape index (κ3) is 5.76. The predicted molar refractivity (Wildman–Crippen MR) is 128 cm³/mol. The van der Waals surface area contributed by atoms with E-state index in [-0.39, 0.29) is 34.5 Å². The fraction of sp³-hybridized carbons (Fsp3) is 0.0833. The van der Waals surface area contributed by atoms with E-state index < -0.39 is 23.8 Å². The average molecular weight is 516 g/mol. The van der Waals surface area contributed by atoms with Crippen molar-refractivity contribution in [3.05, 3.63) is 87.8 Å². The van der Waals surface area contributed by atoms with E-state index >= 15 is 0 Å². The number of fused-ring (bicyclic) bond motifs is 1. The van der Waals surface area contributed by atoms with Crippen molar-refractivity contribution >= 4 is 51.9 Å². The SMILES string of the molecule is O=C(O)c1cc2cc(Cl)ccc2nc1N[C@@H](Cc1ccc(Oc2ncc(Cl)cc2F)cc1)C(=O)O. The number of benzene rings is 2. The molecule has 0 bridgehead atoms. The smallest absolute Gasteiger partial charge is 0.339 e. The summed E-state index contributed by atoms with van der Waals surface area (Å²) in [5.74, 6) is -3.25. The second-order valence-electron chi connectivity index (χ2n) is 7.45. The third-order valence-corrected chi connectivity index (χ3v) is 5.41. The van der Waals surface area contributed by atoms with Crippen LogP contribution in [0.5, 0.6) is 11.6 Å². The van der Waals surface area contributed by atoms with Gasteiger partial charge in [0.1, 0.15) is 23.2 Å². The van der Waals surface area contributed by atoms with Gasteiger partial charge in [-0.25, -0.2) is 23.9 Å². The molecule has 11 heteroatoms. The highest BCUT2D eigenvalue weighted by atomic mass is 35.5. The highest BCUT2D eigenvalue weighted by molar-refractivity contribution is 6.31. The number of carboxylic acid groups (broad SMARTS) is 2. The fourth-order valence-corrected chi connectivity index (χ4v) is 3.63. The molecule has 3 N–H and O–H groups in total. The maximum atomic E-state index is 13.9. The zero-order valence-corrected chi connectivity index (χ0v) is 19.2. The molecule has 2 aromatic heterocycles. The number of halogens is 3. The number of aliphatic carboxylic acids is 1. The Hall–Kier alpha value is -3.95. The summed E-state index contributed by atoms with van der Waals surface area (Å²) >= 11 is 11.7. The zero-order valence-electron chi connectivity index (χ0n) is 17.7. The summed E-state index contributed by atoms with van der Waals surface area (Å²) < 4.78 is 19.3. The van der Waals surface area contributed by atoms with Crippen LogP contribution in [0, 0.1) is 5.82 Å². The van der Waals surface area contributed by atoms with Crippen molar-refractivity contribution in [1.29, 1.82) is 0 Å². The average Bonchev–Trinajstić information content (AvgIpc) is 2.81. The van der Waals surface area contributed by atoms with Crippen molar-refractivity contribution in [2.75, 3.05) is 5.32 Å². The number of carbonyl (C=O) groups is 2. The van der Waals surface area contributed by atoms with E-state index in [2.05, 4.69) is 15.3 Å². The number of anilines is 1. The maximum absolute atomic E-state index is 13.9. The highest BCUT2D eigenvalue weighted by Gasteiger charge is 2.22. The number of nitrogens with zero attached hydrogens (tertiary/aromatic N) is 2. The second-order valence-corrected chi connectivity index (χ2v) is 8.33. The van der Waals surface area contributed by atoms with Crippen LogP contribution in [-0.4, -0.2) is 38.2 Å². The van der Waals surface area contributed by atoms with E-state index in [1.54, 1.807) is 30.3 Å². The number of pyridine rings is 2. The summed E-state index contributed by atoms with van der Waals surface area (Å²) in [6.45, 7) is 0. The summed E-state index contributed by atoms with van der Waals surface area (Å²) in [4.78, 5) is 31.8. The maximum Gasteiger partial charge on any atom is 0.339 e.